The molecule has 5 rings (SSSR count). The molecule has 0 atom stereocenters. The number of piperidine rings is 1. The Hall–Kier alpha value is -2.78. The highest BCUT2D eigenvalue weighted by molar-refractivity contribution is 7.18. The van der Waals surface area contributed by atoms with Gasteiger partial charge in [-0.25, -0.2) is 14.4 Å². The number of hydrogen-bond acceptors (Lipinski definition) is 7. The molecular formula is C23H28FN7S. The molecule has 0 unspecified atom stereocenters. The summed E-state index contributed by atoms with van der Waals surface area (Å²) >= 11 is 1.57. The zero-order chi connectivity index (χ0) is 22.1. The maximum atomic E-state index is 13.5. The number of fused-ring (bicyclic) bond motifs is 2. The van der Waals surface area contributed by atoms with Crippen LogP contribution in [0.3, 0.4) is 0 Å². The molecule has 4 aromatic rings. The van der Waals surface area contributed by atoms with Gasteiger partial charge in [-0.1, -0.05) is 13.8 Å². The average Bonchev–Trinajstić information content (AvgIpc) is 3.40. The van der Waals surface area contributed by atoms with Crippen LogP contribution in [0.4, 0.5) is 16.0 Å². The summed E-state index contributed by atoms with van der Waals surface area (Å²) in [6.45, 7) is 7.92. The van der Waals surface area contributed by atoms with Crippen molar-refractivity contribution in [3.63, 3.8) is 0 Å². The second kappa shape index (κ2) is 8.99. The maximum absolute atomic E-state index is 13.5. The molecule has 3 N–H and O–H groups in total. The van der Waals surface area contributed by atoms with E-state index in [2.05, 4.69) is 39.9 Å². The predicted molar refractivity (Wildman–Crippen MR) is 128 cm³/mol. The summed E-state index contributed by atoms with van der Waals surface area (Å²) in [5.41, 5.74) is 2.68. The quantitative estimate of drug-likeness (QED) is 0.379. The molecule has 3 aromatic heterocycles. The number of benzene rings is 1. The van der Waals surface area contributed by atoms with Gasteiger partial charge < -0.3 is 16.0 Å². The second-order valence-corrected chi connectivity index (χ2v) is 9.78. The summed E-state index contributed by atoms with van der Waals surface area (Å²) in [4.78, 5) is 9.45. The van der Waals surface area contributed by atoms with Gasteiger partial charge in [0.05, 0.1) is 23.0 Å². The molecule has 9 heteroatoms. The monoisotopic (exact) mass is 453 g/mol. The molecule has 0 spiro atoms. The Kier molecular flexibility index (Phi) is 5.93. The number of aromatic nitrogens is 4. The van der Waals surface area contributed by atoms with Crippen LogP contribution in [-0.4, -0.2) is 39.2 Å². The van der Waals surface area contributed by atoms with Crippen LogP contribution in [0.2, 0.25) is 0 Å². The number of nitrogens with zero attached hydrogens (tertiary/aromatic N) is 4. The average molecular weight is 454 g/mol. The van der Waals surface area contributed by atoms with Gasteiger partial charge in [0.15, 0.2) is 5.65 Å². The first kappa shape index (κ1) is 21.1. The summed E-state index contributed by atoms with van der Waals surface area (Å²) < 4.78 is 16.3. The largest absolute Gasteiger partial charge is 0.370 e. The highest BCUT2D eigenvalue weighted by Crippen LogP contribution is 2.27. The van der Waals surface area contributed by atoms with E-state index in [0.29, 0.717) is 23.9 Å². The minimum atomic E-state index is -0.264. The molecular weight excluding hydrogens is 425 g/mol. The van der Waals surface area contributed by atoms with E-state index < -0.39 is 0 Å². The van der Waals surface area contributed by atoms with Crippen LogP contribution >= 0.6 is 11.3 Å². The lowest BCUT2D eigenvalue weighted by molar-refractivity contribution is 0.389. The molecule has 1 aliphatic rings. The van der Waals surface area contributed by atoms with Gasteiger partial charge in [-0.2, -0.15) is 9.61 Å². The number of thiazole rings is 1. The van der Waals surface area contributed by atoms with E-state index in [0.717, 1.165) is 52.2 Å². The lowest BCUT2D eigenvalue weighted by Crippen LogP contribution is -2.31. The lowest BCUT2D eigenvalue weighted by Gasteiger charge is -2.23. The van der Waals surface area contributed by atoms with E-state index in [1.807, 2.05) is 16.8 Å². The zero-order valence-corrected chi connectivity index (χ0v) is 19.2. The molecule has 4 heterocycles. The molecule has 32 heavy (non-hydrogen) atoms. The van der Waals surface area contributed by atoms with Crippen molar-refractivity contribution in [2.75, 3.05) is 30.3 Å². The van der Waals surface area contributed by atoms with Crippen molar-refractivity contribution in [2.24, 2.45) is 5.92 Å². The van der Waals surface area contributed by atoms with Crippen molar-refractivity contribution in [3.8, 4) is 0 Å². The van der Waals surface area contributed by atoms with Gasteiger partial charge in [0, 0.05) is 24.2 Å². The SMILES string of the molecule is CC(C)c1cnn2c(NCc3nc4cc(F)ccc4s3)cc(NCC3CCNCC3)nc12. The molecule has 1 aromatic carbocycles. The van der Waals surface area contributed by atoms with Crippen LogP contribution in [0, 0.1) is 11.7 Å². The topological polar surface area (TPSA) is 79.2 Å². The third-order valence-corrected chi connectivity index (χ3v) is 7.00. The fourth-order valence-corrected chi connectivity index (χ4v) is 5.02. The first-order valence-electron chi connectivity index (χ1n) is 11.2. The van der Waals surface area contributed by atoms with E-state index in [1.54, 1.807) is 17.4 Å². The molecule has 0 aliphatic carbocycles. The Labute approximate surface area is 190 Å². The van der Waals surface area contributed by atoms with Gasteiger partial charge in [-0.05, 0) is 49.9 Å². The fraction of sp³-hybridized carbons (Fsp3) is 0.435. The summed E-state index contributed by atoms with van der Waals surface area (Å²) in [6.07, 6.45) is 4.26. The van der Waals surface area contributed by atoms with Gasteiger partial charge in [0.2, 0.25) is 0 Å². The maximum Gasteiger partial charge on any atom is 0.163 e. The van der Waals surface area contributed by atoms with E-state index in [9.17, 15) is 4.39 Å². The third kappa shape index (κ3) is 4.40. The first-order chi connectivity index (χ1) is 15.6. The number of nitrogens with one attached hydrogen (secondary N) is 3. The second-order valence-electron chi connectivity index (χ2n) is 8.66. The minimum absolute atomic E-state index is 0.264. The van der Waals surface area contributed by atoms with Crippen molar-refractivity contribution in [3.05, 3.63) is 46.9 Å². The molecule has 1 fully saturated rings. The Morgan fingerprint density at radius 3 is 2.84 bits per heavy atom. The Morgan fingerprint density at radius 1 is 1.19 bits per heavy atom. The third-order valence-electron chi connectivity index (χ3n) is 5.97. The van der Waals surface area contributed by atoms with Gasteiger partial charge in [0.25, 0.3) is 0 Å². The Balaban J connectivity index is 1.40. The van der Waals surface area contributed by atoms with E-state index in [4.69, 9.17) is 4.98 Å². The molecule has 168 valence electrons. The normalized spacial score (nSPS) is 15.1. The number of rotatable bonds is 7. The van der Waals surface area contributed by atoms with E-state index in [-0.39, 0.29) is 5.82 Å². The standard InChI is InChI=1S/C23H28FN7S/c1-14(2)17-12-28-31-21(27-13-22-29-18-9-16(24)3-4-19(18)32-22)10-20(30-23(17)31)26-11-15-5-7-25-8-6-15/h3-4,9-10,12,14-15,25,27H,5-8,11,13H2,1-2H3,(H,26,30). The number of hydrogen-bond donors (Lipinski definition) is 3. The van der Waals surface area contributed by atoms with Crippen molar-refractivity contribution >= 4 is 38.8 Å². The minimum Gasteiger partial charge on any atom is -0.370 e. The summed E-state index contributed by atoms with van der Waals surface area (Å²) in [5.74, 6) is 2.43. The van der Waals surface area contributed by atoms with Crippen LogP contribution in [0.25, 0.3) is 15.9 Å². The number of anilines is 2. The molecule has 0 amide bonds. The van der Waals surface area contributed by atoms with Gasteiger partial charge in [-0.3, -0.25) is 0 Å². The molecule has 1 aliphatic heterocycles. The smallest absolute Gasteiger partial charge is 0.163 e. The molecule has 1 saturated heterocycles. The molecule has 0 bridgehead atoms. The van der Waals surface area contributed by atoms with Crippen LogP contribution in [0.1, 0.15) is 43.2 Å². The highest BCUT2D eigenvalue weighted by atomic mass is 32.1. The Morgan fingerprint density at radius 2 is 2.03 bits per heavy atom. The fourth-order valence-electron chi connectivity index (χ4n) is 4.13. The lowest BCUT2D eigenvalue weighted by atomic mass is 9.98. The van der Waals surface area contributed by atoms with Gasteiger partial charge in [-0.15, -0.1) is 11.3 Å². The van der Waals surface area contributed by atoms with Gasteiger partial charge in [0.1, 0.15) is 22.5 Å². The van der Waals surface area contributed by atoms with Crippen molar-refractivity contribution in [1.82, 2.24) is 24.9 Å². The molecule has 0 saturated carbocycles. The van der Waals surface area contributed by atoms with Crippen LogP contribution in [-0.2, 0) is 6.54 Å². The van der Waals surface area contributed by atoms with Crippen molar-refractivity contribution in [2.45, 2.75) is 39.2 Å². The van der Waals surface area contributed by atoms with E-state index >= 15 is 0 Å². The van der Waals surface area contributed by atoms with E-state index in [1.165, 1.54) is 25.0 Å². The van der Waals surface area contributed by atoms with Crippen LogP contribution < -0.4 is 16.0 Å². The summed E-state index contributed by atoms with van der Waals surface area (Å²) in [6, 6.07) is 6.74. The summed E-state index contributed by atoms with van der Waals surface area (Å²) in [7, 11) is 0. The zero-order valence-electron chi connectivity index (χ0n) is 18.4. The Bertz CT molecular complexity index is 1230. The predicted octanol–water partition coefficient (Wildman–Crippen LogP) is 4.63. The number of halogens is 1. The molecule has 7 nitrogen and oxygen atoms in total. The first-order valence-corrected chi connectivity index (χ1v) is 12.0. The van der Waals surface area contributed by atoms with Crippen LogP contribution in [0.5, 0.6) is 0 Å². The van der Waals surface area contributed by atoms with Gasteiger partial charge >= 0.3 is 0 Å². The van der Waals surface area contributed by atoms with Crippen molar-refractivity contribution in [1.29, 1.82) is 0 Å². The summed E-state index contributed by atoms with van der Waals surface area (Å²) in [5, 5.41) is 15.9. The van der Waals surface area contributed by atoms with Crippen molar-refractivity contribution < 1.29 is 4.39 Å². The highest BCUT2D eigenvalue weighted by Gasteiger charge is 2.17. The van der Waals surface area contributed by atoms with Crippen LogP contribution in [0.15, 0.2) is 30.5 Å². The molecule has 0 radical (unpaired) electrons.